The van der Waals surface area contributed by atoms with Gasteiger partial charge < -0.3 is 10.3 Å². The monoisotopic (exact) mass is 458 g/mol. The van der Waals surface area contributed by atoms with Gasteiger partial charge in [0.15, 0.2) is 0 Å². The molecule has 3 heterocycles. The van der Waals surface area contributed by atoms with Gasteiger partial charge in [0.2, 0.25) is 10.0 Å². The molecule has 0 atom stereocenters. The van der Waals surface area contributed by atoms with Gasteiger partial charge in [-0.2, -0.15) is 0 Å². The molecule has 3 aromatic rings. The van der Waals surface area contributed by atoms with Crippen molar-refractivity contribution in [1.29, 1.82) is 0 Å². The van der Waals surface area contributed by atoms with Crippen LogP contribution < -0.4 is 10.9 Å². The van der Waals surface area contributed by atoms with E-state index < -0.39 is 16.2 Å². The van der Waals surface area contributed by atoms with E-state index in [4.69, 9.17) is 10.9 Å². The lowest BCUT2D eigenvalue weighted by Gasteiger charge is -2.43. The van der Waals surface area contributed by atoms with E-state index in [0.717, 1.165) is 47.1 Å². The molecule has 0 unspecified atom stereocenters. The number of likely N-dealkylation sites (tertiary alicyclic amines) is 1. The second-order valence-corrected chi connectivity index (χ2v) is 10.8. The van der Waals surface area contributed by atoms with Crippen LogP contribution >= 0.6 is 0 Å². The minimum Gasteiger partial charge on any atom is -0.383 e. The zero-order chi connectivity index (χ0) is 22.5. The number of hydrogen-bond acceptors (Lipinski definition) is 6. The van der Waals surface area contributed by atoms with Crippen LogP contribution in [0.25, 0.3) is 22.2 Å². The number of primary sulfonamides is 1. The number of halogens is 1. The average molecular weight is 459 g/mol. The van der Waals surface area contributed by atoms with Gasteiger partial charge in [0.25, 0.3) is 0 Å². The number of benzene rings is 1. The third-order valence-electron chi connectivity index (χ3n) is 6.59. The number of sulfonamides is 1. The number of fused-ring (bicyclic) bond motifs is 1. The van der Waals surface area contributed by atoms with Crippen LogP contribution in [0.4, 0.5) is 10.2 Å². The molecule has 5 rings (SSSR count). The average Bonchev–Trinajstić information content (AvgIpc) is 3.07. The van der Waals surface area contributed by atoms with Crippen LogP contribution in [-0.4, -0.2) is 59.4 Å². The third kappa shape index (κ3) is 4.22. The Morgan fingerprint density at radius 3 is 2.69 bits per heavy atom. The summed E-state index contributed by atoms with van der Waals surface area (Å²) in [7, 11) is -3.53. The van der Waals surface area contributed by atoms with Gasteiger partial charge >= 0.3 is 0 Å². The second-order valence-electron chi connectivity index (χ2n) is 9.03. The lowest BCUT2D eigenvalue weighted by Crippen LogP contribution is -2.51. The topological polar surface area (TPSA) is 120 Å². The lowest BCUT2D eigenvalue weighted by molar-refractivity contribution is 0.0282. The molecule has 10 heteroatoms. The molecule has 170 valence electrons. The molecule has 1 aliphatic heterocycles. The minimum absolute atomic E-state index is 0.104. The number of rotatable bonds is 7. The first-order valence-corrected chi connectivity index (χ1v) is 12.6. The molecule has 1 saturated carbocycles. The fraction of sp³-hybridized carbons (Fsp3) is 0.455. The van der Waals surface area contributed by atoms with E-state index in [1.807, 2.05) is 24.3 Å². The van der Waals surface area contributed by atoms with Crippen LogP contribution in [0.1, 0.15) is 24.4 Å². The van der Waals surface area contributed by atoms with E-state index in [2.05, 4.69) is 25.6 Å². The number of nitrogens with zero attached hydrogens (tertiary/aromatic N) is 4. The summed E-state index contributed by atoms with van der Waals surface area (Å²) in [6, 6.07) is 8.06. The molecule has 32 heavy (non-hydrogen) atoms. The van der Waals surface area contributed by atoms with Crippen molar-refractivity contribution in [3.63, 3.8) is 0 Å². The van der Waals surface area contributed by atoms with E-state index in [1.165, 1.54) is 6.33 Å². The van der Waals surface area contributed by atoms with Crippen LogP contribution in [-0.2, 0) is 16.4 Å². The minimum atomic E-state index is -3.53. The summed E-state index contributed by atoms with van der Waals surface area (Å²) in [6.07, 6.45) is 5.29. The highest BCUT2D eigenvalue weighted by atomic mass is 32.2. The Kier molecular flexibility index (Phi) is 5.39. The van der Waals surface area contributed by atoms with E-state index in [0.29, 0.717) is 37.3 Å². The highest BCUT2D eigenvalue weighted by Gasteiger charge is 2.36. The number of aryl methyl sites for hydroxylation is 1. The number of hydrogen-bond donors (Lipinski definition) is 2. The van der Waals surface area contributed by atoms with Gasteiger partial charge in [-0.05, 0) is 36.3 Å². The van der Waals surface area contributed by atoms with Crippen molar-refractivity contribution in [2.75, 3.05) is 31.1 Å². The summed E-state index contributed by atoms with van der Waals surface area (Å²) >= 11 is 0. The summed E-state index contributed by atoms with van der Waals surface area (Å²) in [4.78, 5) is 10.9. The Labute approximate surface area is 186 Å². The number of nitrogens with two attached hydrogens (primary N) is 2. The largest absolute Gasteiger partial charge is 0.383 e. The van der Waals surface area contributed by atoms with Gasteiger partial charge in [0.05, 0.1) is 11.1 Å². The normalized spacial score (nSPS) is 22.1. The molecule has 0 amide bonds. The van der Waals surface area contributed by atoms with E-state index in [-0.39, 0.29) is 5.75 Å². The number of nitrogen functional groups attached to an aromatic ring is 1. The highest BCUT2D eigenvalue weighted by Crippen LogP contribution is 2.43. The molecule has 1 saturated heterocycles. The smallest absolute Gasteiger partial charge is 0.209 e. The first-order valence-electron chi connectivity index (χ1n) is 10.8. The summed E-state index contributed by atoms with van der Waals surface area (Å²) in [5.74, 6) is 0.880. The van der Waals surface area contributed by atoms with Crippen molar-refractivity contribution >= 4 is 26.9 Å². The molecular formula is C22H27FN6O2S. The summed E-state index contributed by atoms with van der Waals surface area (Å²) in [5, 5.41) is 5.97. The predicted molar refractivity (Wildman–Crippen MR) is 122 cm³/mol. The number of anilines is 1. The zero-order valence-electron chi connectivity index (χ0n) is 17.7. The zero-order valence-corrected chi connectivity index (χ0v) is 18.5. The van der Waals surface area contributed by atoms with Gasteiger partial charge in [-0.3, -0.25) is 4.90 Å². The fourth-order valence-electron chi connectivity index (χ4n) is 4.86. The van der Waals surface area contributed by atoms with Crippen LogP contribution in [0.2, 0.25) is 0 Å². The van der Waals surface area contributed by atoms with Gasteiger partial charge in [-0.1, -0.05) is 24.3 Å². The van der Waals surface area contributed by atoms with E-state index >= 15 is 0 Å². The van der Waals surface area contributed by atoms with Crippen molar-refractivity contribution in [2.45, 2.75) is 31.5 Å². The van der Waals surface area contributed by atoms with Crippen LogP contribution in [0.15, 0.2) is 36.8 Å². The van der Waals surface area contributed by atoms with Crippen LogP contribution in [0.5, 0.6) is 0 Å². The molecule has 1 aliphatic carbocycles. The molecule has 0 radical (unpaired) electrons. The Morgan fingerprint density at radius 1 is 1.19 bits per heavy atom. The Hall–Kier alpha value is -2.56. The maximum atomic E-state index is 13.1. The summed E-state index contributed by atoms with van der Waals surface area (Å²) < 4.78 is 38.0. The van der Waals surface area contributed by atoms with Crippen molar-refractivity contribution in [3.8, 4) is 11.1 Å². The highest BCUT2D eigenvalue weighted by molar-refractivity contribution is 7.89. The fourth-order valence-corrected chi connectivity index (χ4v) is 5.38. The van der Waals surface area contributed by atoms with Gasteiger partial charge in [0.1, 0.15) is 24.0 Å². The predicted octanol–water partition coefficient (Wildman–Crippen LogP) is 2.12. The number of alkyl halides is 1. The molecule has 2 aliphatic rings. The standard InChI is InChI=1S/C22H27FN6O2S/c23-17-10-28(11-17)9-15-7-18(8-15)29-12-19(20-21(24)26-13-27-22(20)29)16-3-1-2-14(6-16)4-5-32(25,30)31/h1-3,6,12-13,15,17-18H,4-5,7-11H2,(H2,24,26,27)(H2,25,30,31)/t15-,18-. The molecule has 4 N–H and O–H groups in total. The SMILES string of the molecule is Nc1ncnc2c1c(-c1cccc(CCS(N)(=O)=O)c1)cn2[C@H]1C[C@H](CN2CC(F)C2)C1. The molecule has 0 spiro atoms. The maximum absolute atomic E-state index is 13.1. The van der Waals surface area contributed by atoms with Crippen molar-refractivity contribution < 1.29 is 12.8 Å². The number of aromatic nitrogens is 3. The quantitative estimate of drug-likeness (QED) is 0.560. The Morgan fingerprint density at radius 2 is 1.97 bits per heavy atom. The molecule has 1 aromatic carbocycles. The molecule has 2 fully saturated rings. The van der Waals surface area contributed by atoms with Gasteiger partial charge in [0, 0.05) is 37.4 Å². The summed E-state index contributed by atoms with van der Waals surface area (Å²) in [5.41, 5.74) is 9.81. The molecular weight excluding hydrogens is 431 g/mol. The second kappa shape index (κ2) is 8.09. The molecule has 2 aromatic heterocycles. The van der Waals surface area contributed by atoms with Gasteiger partial charge in [-0.15, -0.1) is 0 Å². The molecule has 0 bridgehead atoms. The first-order chi connectivity index (χ1) is 15.3. The van der Waals surface area contributed by atoms with Gasteiger partial charge in [-0.25, -0.2) is 27.9 Å². The third-order valence-corrected chi connectivity index (χ3v) is 7.36. The lowest BCUT2D eigenvalue weighted by atomic mass is 9.79. The Bertz CT molecular complexity index is 1250. The Balaban J connectivity index is 1.41. The van der Waals surface area contributed by atoms with E-state index in [9.17, 15) is 12.8 Å². The van der Waals surface area contributed by atoms with Crippen molar-refractivity contribution in [1.82, 2.24) is 19.4 Å². The van der Waals surface area contributed by atoms with Crippen molar-refractivity contribution in [3.05, 3.63) is 42.4 Å². The summed E-state index contributed by atoms with van der Waals surface area (Å²) in [6.45, 7) is 2.07. The van der Waals surface area contributed by atoms with E-state index in [1.54, 1.807) is 0 Å². The van der Waals surface area contributed by atoms with Crippen LogP contribution in [0.3, 0.4) is 0 Å². The molecule has 8 nitrogen and oxygen atoms in total. The first kappa shape index (κ1) is 21.3. The maximum Gasteiger partial charge on any atom is 0.209 e. The van der Waals surface area contributed by atoms with Crippen molar-refractivity contribution in [2.24, 2.45) is 11.1 Å². The van der Waals surface area contributed by atoms with Crippen LogP contribution in [0, 0.1) is 5.92 Å².